The second-order valence-electron chi connectivity index (χ2n) is 3.36. The first-order valence-electron chi connectivity index (χ1n) is 4.40. The molecule has 0 aliphatic heterocycles. The van der Waals surface area contributed by atoms with Crippen LogP contribution < -0.4 is 5.56 Å². The van der Waals surface area contributed by atoms with E-state index in [0.29, 0.717) is 0 Å². The van der Waals surface area contributed by atoms with Crippen molar-refractivity contribution in [3.05, 3.63) is 34.2 Å². The van der Waals surface area contributed by atoms with Gasteiger partial charge < -0.3 is 9.67 Å². The van der Waals surface area contributed by atoms with E-state index in [1.165, 1.54) is 6.07 Å². The van der Waals surface area contributed by atoms with Crippen molar-refractivity contribution in [2.45, 2.75) is 32.9 Å². The van der Waals surface area contributed by atoms with Gasteiger partial charge in [-0.1, -0.05) is 6.07 Å². The fraction of sp³-hybridized carbons (Fsp3) is 0.500. The largest absolute Gasteiger partial charge is 0.391 e. The molecule has 1 N–H and O–H groups in total. The number of rotatable bonds is 2. The van der Waals surface area contributed by atoms with E-state index >= 15 is 0 Å². The Morgan fingerprint density at radius 1 is 1.38 bits per heavy atom. The van der Waals surface area contributed by atoms with Gasteiger partial charge in [0.05, 0.1) is 12.1 Å². The van der Waals surface area contributed by atoms with E-state index in [9.17, 15) is 9.90 Å². The second kappa shape index (κ2) is 3.75. The van der Waals surface area contributed by atoms with Gasteiger partial charge in [-0.3, -0.25) is 4.79 Å². The average molecular weight is 181 g/mol. The van der Waals surface area contributed by atoms with Crippen LogP contribution in [0.15, 0.2) is 23.0 Å². The van der Waals surface area contributed by atoms with Crippen molar-refractivity contribution in [2.24, 2.45) is 0 Å². The summed E-state index contributed by atoms with van der Waals surface area (Å²) in [5.74, 6) is 0. The molecule has 1 rings (SSSR count). The fourth-order valence-corrected chi connectivity index (χ4v) is 1.34. The van der Waals surface area contributed by atoms with Crippen LogP contribution in [0.4, 0.5) is 0 Å². The van der Waals surface area contributed by atoms with Crippen LogP contribution in [0.25, 0.3) is 0 Å². The van der Waals surface area contributed by atoms with Crippen LogP contribution in [-0.2, 0) is 0 Å². The number of aliphatic hydroxyl groups excluding tert-OH is 1. The van der Waals surface area contributed by atoms with E-state index in [1.54, 1.807) is 17.6 Å². The second-order valence-corrected chi connectivity index (χ2v) is 3.36. The Kier molecular flexibility index (Phi) is 2.88. The van der Waals surface area contributed by atoms with Crippen molar-refractivity contribution in [2.75, 3.05) is 0 Å². The third-order valence-electron chi connectivity index (χ3n) is 2.30. The standard InChI is InChI=1S/C10H15NO2/c1-7-5-4-6-10(13)11(7)8(2)9(3)12/h4-6,8-9,12H,1-3H3. The summed E-state index contributed by atoms with van der Waals surface area (Å²) in [5, 5.41) is 9.36. The fourth-order valence-electron chi connectivity index (χ4n) is 1.34. The lowest BCUT2D eigenvalue weighted by Gasteiger charge is -2.20. The summed E-state index contributed by atoms with van der Waals surface area (Å²) >= 11 is 0. The Morgan fingerprint density at radius 3 is 2.46 bits per heavy atom. The monoisotopic (exact) mass is 181 g/mol. The maximum Gasteiger partial charge on any atom is 0.251 e. The molecule has 0 saturated heterocycles. The molecule has 3 nitrogen and oxygen atoms in total. The van der Waals surface area contributed by atoms with E-state index in [2.05, 4.69) is 0 Å². The van der Waals surface area contributed by atoms with Gasteiger partial charge in [-0.15, -0.1) is 0 Å². The van der Waals surface area contributed by atoms with Gasteiger partial charge in [0.15, 0.2) is 0 Å². The number of hydrogen-bond donors (Lipinski definition) is 1. The number of pyridine rings is 1. The predicted octanol–water partition coefficient (Wildman–Crippen LogP) is 1.10. The van der Waals surface area contributed by atoms with Crippen molar-refractivity contribution in [1.82, 2.24) is 4.57 Å². The maximum absolute atomic E-state index is 11.4. The molecular formula is C10H15NO2. The quantitative estimate of drug-likeness (QED) is 0.742. The van der Waals surface area contributed by atoms with E-state index in [-0.39, 0.29) is 11.6 Å². The minimum Gasteiger partial charge on any atom is -0.391 e. The SMILES string of the molecule is Cc1cccc(=O)n1C(C)C(C)O. The molecule has 2 atom stereocenters. The molecular weight excluding hydrogens is 166 g/mol. The molecule has 1 heterocycles. The zero-order valence-electron chi connectivity index (χ0n) is 8.19. The van der Waals surface area contributed by atoms with Crippen molar-refractivity contribution in [1.29, 1.82) is 0 Å². The topological polar surface area (TPSA) is 42.2 Å². The lowest BCUT2D eigenvalue weighted by atomic mass is 10.2. The molecule has 0 fully saturated rings. The molecule has 0 aliphatic rings. The van der Waals surface area contributed by atoms with Gasteiger partial charge in [0.25, 0.3) is 5.56 Å². The Bertz CT molecular complexity index is 341. The molecule has 0 bridgehead atoms. The van der Waals surface area contributed by atoms with Crippen molar-refractivity contribution in [3.63, 3.8) is 0 Å². The molecule has 0 aromatic carbocycles. The van der Waals surface area contributed by atoms with Crippen LogP contribution in [0, 0.1) is 6.92 Å². The molecule has 0 spiro atoms. The number of hydrogen-bond acceptors (Lipinski definition) is 2. The van der Waals surface area contributed by atoms with Gasteiger partial charge in [-0.2, -0.15) is 0 Å². The lowest BCUT2D eigenvalue weighted by Crippen LogP contribution is -2.30. The summed E-state index contributed by atoms with van der Waals surface area (Å²) in [6.45, 7) is 5.38. The highest BCUT2D eigenvalue weighted by atomic mass is 16.3. The summed E-state index contributed by atoms with van der Waals surface area (Å²) in [4.78, 5) is 11.4. The molecule has 3 heteroatoms. The summed E-state index contributed by atoms with van der Waals surface area (Å²) in [7, 11) is 0. The third-order valence-corrected chi connectivity index (χ3v) is 2.30. The lowest BCUT2D eigenvalue weighted by molar-refractivity contribution is 0.136. The van der Waals surface area contributed by atoms with Gasteiger partial charge in [0, 0.05) is 11.8 Å². The first kappa shape index (κ1) is 9.99. The number of aromatic nitrogens is 1. The Hall–Kier alpha value is -1.09. The highest BCUT2D eigenvalue weighted by molar-refractivity contribution is 5.06. The van der Waals surface area contributed by atoms with Crippen LogP contribution in [0.1, 0.15) is 25.6 Å². The number of aryl methyl sites for hydroxylation is 1. The Balaban J connectivity index is 3.20. The minimum absolute atomic E-state index is 0.0617. The van der Waals surface area contributed by atoms with E-state index in [0.717, 1.165) is 5.69 Å². The van der Waals surface area contributed by atoms with Crippen LogP contribution in [0.2, 0.25) is 0 Å². The molecule has 2 unspecified atom stereocenters. The van der Waals surface area contributed by atoms with Crippen LogP contribution >= 0.6 is 0 Å². The van der Waals surface area contributed by atoms with Crippen molar-refractivity contribution in [3.8, 4) is 0 Å². The summed E-state index contributed by atoms with van der Waals surface area (Å²) in [6, 6.07) is 4.92. The number of nitrogens with zero attached hydrogens (tertiary/aromatic N) is 1. The summed E-state index contributed by atoms with van der Waals surface area (Å²) in [6.07, 6.45) is -0.515. The van der Waals surface area contributed by atoms with Crippen molar-refractivity contribution >= 4 is 0 Å². The smallest absolute Gasteiger partial charge is 0.251 e. The van der Waals surface area contributed by atoms with Crippen LogP contribution in [0.5, 0.6) is 0 Å². The molecule has 0 radical (unpaired) electrons. The van der Waals surface area contributed by atoms with Gasteiger partial charge >= 0.3 is 0 Å². The van der Waals surface area contributed by atoms with Gasteiger partial charge in [0.2, 0.25) is 0 Å². The van der Waals surface area contributed by atoms with E-state index < -0.39 is 6.10 Å². The first-order chi connectivity index (χ1) is 6.04. The zero-order chi connectivity index (χ0) is 10.0. The molecule has 0 aliphatic carbocycles. The maximum atomic E-state index is 11.4. The first-order valence-corrected chi connectivity index (χ1v) is 4.40. The Morgan fingerprint density at radius 2 is 2.00 bits per heavy atom. The zero-order valence-corrected chi connectivity index (χ0v) is 8.19. The van der Waals surface area contributed by atoms with Gasteiger partial charge in [-0.05, 0) is 26.8 Å². The predicted molar refractivity (Wildman–Crippen MR) is 51.8 cm³/mol. The van der Waals surface area contributed by atoms with Crippen LogP contribution in [-0.4, -0.2) is 15.8 Å². The minimum atomic E-state index is -0.515. The highest BCUT2D eigenvalue weighted by Gasteiger charge is 2.13. The molecule has 13 heavy (non-hydrogen) atoms. The Labute approximate surface area is 77.6 Å². The van der Waals surface area contributed by atoms with Crippen LogP contribution in [0.3, 0.4) is 0 Å². The molecule has 1 aromatic rings. The van der Waals surface area contributed by atoms with E-state index in [4.69, 9.17) is 0 Å². The van der Waals surface area contributed by atoms with Gasteiger partial charge in [0.1, 0.15) is 0 Å². The molecule has 0 amide bonds. The summed E-state index contributed by atoms with van der Waals surface area (Å²) in [5.41, 5.74) is 0.814. The highest BCUT2D eigenvalue weighted by Crippen LogP contribution is 2.10. The van der Waals surface area contributed by atoms with Gasteiger partial charge in [-0.25, -0.2) is 0 Å². The van der Waals surface area contributed by atoms with Crippen molar-refractivity contribution < 1.29 is 5.11 Å². The third kappa shape index (κ3) is 1.98. The number of aliphatic hydroxyl groups is 1. The molecule has 72 valence electrons. The normalized spacial score (nSPS) is 15.4. The molecule has 0 saturated carbocycles. The molecule has 1 aromatic heterocycles. The summed E-state index contributed by atoms with van der Waals surface area (Å²) < 4.78 is 1.60. The van der Waals surface area contributed by atoms with E-state index in [1.807, 2.05) is 19.9 Å². The average Bonchev–Trinajstić information content (AvgIpc) is 2.03.